The summed E-state index contributed by atoms with van der Waals surface area (Å²) in [6.45, 7) is 5.85. The van der Waals surface area contributed by atoms with Gasteiger partial charge in [-0.15, -0.1) is 0 Å². The van der Waals surface area contributed by atoms with Crippen molar-refractivity contribution in [1.82, 2.24) is 19.6 Å². The number of aryl methyl sites for hydroxylation is 1. The Bertz CT molecular complexity index is 994. The Morgan fingerprint density at radius 1 is 1.03 bits per heavy atom. The number of para-hydroxylation sites is 1. The third-order valence-corrected chi connectivity index (χ3v) is 5.28. The number of piperazine rings is 1. The maximum Gasteiger partial charge on any atom is 0.274 e. The first-order valence-electron chi connectivity index (χ1n) is 10.1. The molecule has 0 aliphatic carbocycles. The molecule has 0 unspecified atom stereocenters. The second kappa shape index (κ2) is 9.09. The highest BCUT2D eigenvalue weighted by Gasteiger charge is 2.23. The molecule has 7 heteroatoms. The number of nitrogens with zero attached hydrogens (tertiary/aromatic N) is 4. The summed E-state index contributed by atoms with van der Waals surface area (Å²) in [5.74, 6) is 0.516. The largest absolute Gasteiger partial charge is 0.471 e. The van der Waals surface area contributed by atoms with E-state index in [4.69, 9.17) is 4.74 Å². The third kappa shape index (κ3) is 4.86. The van der Waals surface area contributed by atoms with Gasteiger partial charge in [0.2, 0.25) is 0 Å². The first-order chi connectivity index (χ1) is 14.6. The Balaban J connectivity index is 1.28. The van der Waals surface area contributed by atoms with E-state index in [0.717, 1.165) is 36.5 Å². The van der Waals surface area contributed by atoms with Gasteiger partial charge in [0.05, 0.1) is 0 Å². The van der Waals surface area contributed by atoms with Crippen LogP contribution in [0.2, 0.25) is 0 Å². The molecule has 2 heterocycles. The molecule has 30 heavy (non-hydrogen) atoms. The van der Waals surface area contributed by atoms with Crippen LogP contribution >= 0.6 is 0 Å². The predicted molar refractivity (Wildman–Crippen MR) is 112 cm³/mol. The molecule has 1 aliphatic rings. The van der Waals surface area contributed by atoms with Crippen LogP contribution in [-0.4, -0.2) is 51.7 Å². The summed E-state index contributed by atoms with van der Waals surface area (Å²) in [5.41, 5.74) is 2.55. The summed E-state index contributed by atoms with van der Waals surface area (Å²) in [5, 5.41) is 4.38. The topological polar surface area (TPSA) is 50.6 Å². The molecule has 1 aromatic heterocycles. The average molecular weight is 408 g/mol. The van der Waals surface area contributed by atoms with Crippen LogP contribution in [0.25, 0.3) is 0 Å². The lowest BCUT2D eigenvalue weighted by Gasteiger charge is -2.34. The van der Waals surface area contributed by atoms with Crippen LogP contribution in [0.15, 0.2) is 60.8 Å². The number of amides is 1. The number of halogens is 1. The SMILES string of the molecule is Cc1ccccc1OCn1ccc(C(=O)N2CCN(Cc3ccc(F)cc3)CC2)n1. The normalized spacial score (nSPS) is 14.7. The highest BCUT2D eigenvalue weighted by molar-refractivity contribution is 5.92. The molecule has 3 aromatic rings. The Morgan fingerprint density at radius 3 is 2.50 bits per heavy atom. The number of aromatic nitrogens is 2. The molecule has 1 aliphatic heterocycles. The van der Waals surface area contributed by atoms with Crippen molar-refractivity contribution in [1.29, 1.82) is 0 Å². The number of carbonyl (C=O) groups is 1. The summed E-state index contributed by atoms with van der Waals surface area (Å²) in [6.07, 6.45) is 1.76. The van der Waals surface area contributed by atoms with Gasteiger partial charge in [-0.05, 0) is 42.3 Å². The maximum atomic E-state index is 13.0. The van der Waals surface area contributed by atoms with Crippen molar-refractivity contribution in [3.05, 3.63) is 83.4 Å². The lowest BCUT2D eigenvalue weighted by atomic mass is 10.2. The Kier molecular flexibility index (Phi) is 6.09. The van der Waals surface area contributed by atoms with Crippen LogP contribution in [0.4, 0.5) is 4.39 Å². The van der Waals surface area contributed by atoms with E-state index in [1.54, 1.807) is 29.1 Å². The van der Waals surface area contributed by atoms with Crippen molar-refractivity contribution in [3.63, 3.8) is 0 Å². The van der Waals surface area contributed by atoms with Gasteiger partial charge in [-0.3, -0.25) is 9.69 Å². The summed E-state index contributed by atoms with van der Waals surface area (Å²) in [4.78, 5) is 16.9. The fourth-order valence-electron chi connectivity index (χ4n) is 3.52. The number of hydrogen-bond donors (Lipinski definition) is 0. The quantitative estimate of drug-likeness (QED) is 0.628. The van der Waals surface area contributed by atoms with E-state index in [9.17, 15) is 9.18 Å². The van der Waals surface area contributed by atoms with Crippen molar-refractivity contribution in [2.75, 3.05) is 26.2 Å². The van der Waals surface area contributed by atoms with E-state index in [1.165, 1.54) is 12.1 Å². The Morgan fingerprint density at radius 2 is 1.77 bits per heavy atom. The van der Waals surface area contributed by atoms with Gasteiger partial charge in [0.25, 0.3) is 5.91 Å². The molecule has 1 amide bonds. The summed E-state index contributed by atoms with van der Waals surface area (Å²) in [7, 11) is 0. The third-order valence-electron chi connectivity index (χ3n) is 5.28. The molecule has 1 fully saturated rings. The van der Waals surface area contributed by atoms with E-state index in [2.05, 4.69) is 10.00 Å². The zero-order valence-corrected chi connectivity index (χ0v) is 17.0. The van der Waals surface area contributed by atoms with Gasteiger partial charge in [0.1, 0.15) is 11.6 Å². The Hall–Kier alpha value is -3.19. The minimum absolute atomic E-state index is 0.0638. The average Bonchev–Trinajstić information content (AvgIpc) is 3.24. The number of rotatable bonds is 6. The molecule has 0 saturated carbocycles. The minimum atomic E-state index is -0.224. The molecule has 0 bridgehead atoms. The molecule has 2 aromatic carbocycles. The molecule has 0 N–H and O–H groups in total. The zero-order valence-electron chi connectivity index (χ0n) is 17.0. The van der Waals surface area contributed by atoms with Gasteiger partial charge in [0, 0.05) is 38.9 Å². The van der Waals surface area contributed by atoms with Crippen molar-refractivity contribution >= 4 is 5.91 Å². The van der Waals surface area contributed by atoms with Crippen molar-refractivity contribution < 1.29 is 13.9 Å². The maximum absolute atomic E-state index is 13.0. The van der Waals surface area contributed by atoms with Crippen molar-refractivity contribution in [2.24, 2.45) is 0 Å². The predicted octanol–water partition coefficient (Wildman–Crippen LogP) is 3.33. The van der Waals surface area contributed by atoms with Crippen LogP contribution in [0, 0.1) is 12.7 Å². The first-order valence-corrected chi connectivity index (χ1v) is 10.1. The standard InChI is InChI=1S/C23H25FN4O2/c1-18-4-2-3-5-22(18)30-17-28-11-10-21(25-28)23(29)27-14-12-26(13-15-27)16-19-6-8-20(24)9-7-19/h2-11H,12-17H2,1H3. The van der Waals surface area contributed by atoms with Gasteiger partial charge in [-0.2, -0.15) is 5.10 Å². The second-order valence-electron chi connectivity index (χ2n) is 7.47. The molecule has 0 spiro atoms. The number of carbonyl (C=O) groups excluding carboxylic acids is 1. The summed E-state index contributed by atoms with van der Waals surface area (Å²) in [6, 6.07) is 16.1. The van der Waals surface area contributed by atoms with Crippen LogP contribution < -0.4 is 4.74 Å². The van der Waals surface area contributed by atoms with Crippen molar-refractivity contribution in [3.8, 4) is 5.75 Å². The van der Waals surface area contributed by atoms with E-state index in [-0.39, 0.29) is 18.5 Å². The van der Waals surface area contributed by atoms with Crippen molar-refractivity contribution in [2.45, 2.75) is 20.2 Å². The highest BCUT2D eigenvalue weighted by atomic mass is 19.1. The van der Waals surface area contributed by atoms with Crippen LogP contribution in [0.1, 0.15) is 21.6 Å². The lowest BCUT2D eigenvalue weighted by molar-refractivity contribution is 0.0620. The van der Waals surface area contributed by atoms with Gasteiger partial charge in [0.15, 0.2) is 12.4 Å². The van der Waals surface area contributed by atoms with E-state index in [0.29, 0.717) is 18.8 Å². The summed E-state index contributed by atoms with van der Waals surface area (Å²) >= 11 is 0. The van der Waals surface area contributed by atoms with Gasteiger partial charge in [-0.1, -0.05) is 30.3 Å². The van der Waals surface area contributed by atoms with E-state index in [1.807, 2.05) is 36.1 Å². The smallest absolute Gasteiger partial charge is 0.274 e. The second-order valence-corrected chi connectivity index (χ2v) is 7.47. The molecule has 6 nitrogen and oxygen atoms in total. The van der Waals surface area contributed by atoms with Crippen LogP contribution in [0.5, 0.6) is 5.75 Å². The molecule has 0 atom stereocenters. The Labute approximate surface area is 175 Å². The fraction of sp³-hybridized carbons (Fsp3) is 0.304. The number of ether oxygens (including phenoxy) is 1. The van der Waals surface area contributed by atoms with E-state index < -0.39 is 0 Å². The van der Waals surface area contributed by atoms with Crippen LogP contribution in [-0.2, 0) is 13.3 Å². The minimum Gasteiger partial charge on any atom is -0.471 e. The summed E-state index contributed by atoms with van der Waals surface area (Å²) < 4.78 is 20.5. The number of hydrogen-bond acceptors (Lipinski definition) is 4. The van der Waals surface area contributed by atoms with Gasteiger partial charge in [-0.25, -0.2) is 9.07 Å². The van der Waals surface area contributed by atoms with Gasteiger partial charge < -0.3 is 9.64 Å². The molecule has 156 valence electrons. The highest BCUT2D eigenvalue weighted by Crippen LogP contribution is 2.17. The fourth-order valence-corrected chi connectivity index (χ4v) is 3.52. The molecular formula is C23H25FN4O2. The molecule has 1 saturated heterocycles. The lowest BCUT2D eigenvalue weighted by Crippen LogP contribution is -2.48. The van der Waals surface area contributed by atoms with E-state index >= 15 is 0 Å². The number of benzene rings is 2. The molecule has 0 radical (unpaired) electrons. The molecular weight excluding hydrogens is 383 g/mol. The molecule has 4 rings (SSSR count). The van der Waals surface area contributed by atoms with Crippen LogP contribution in [0.3, 0.4) is 0 Å². The van der Waals surface area contributed by atoms with Gasteiger partial charge >= 0.3 is 0 Å². The monoisotopic (exact) mass is 408 g/mol. The zero-order chi connectivity index (χ0) is 20.9. The first kappa shape index (κ1) is 20.1.